The number of para-hydroxylation sites is 1. The van der Waals surface area contributed by atoms with Gasteiger partial charge in [0.05, 0.1) is 22.6 Å². The maximum absolute atomic E-state index is 12.9. The highest BCUT2D eigenvalue weighted by Crippen LogP contribution is 2.19. The molecule has 2 aromatic carbocycles. The summed E-state index contributed by atoms with van der Waals surface area (Å²) in [6.45, 7) is 3.50. The van der Waals surface area contributed by atoms with Crippen molar-refractivity contribution in [1.29, 1.82) is 0 Å². The number of carbonyl (C=O) groups excluding carboxylic acids is 2. The average Bonchev–Trinajstić information content (AvgIpc) is 3.12. The first kappa shape index (κ1) is 20.8. The summed E-state index contributed by atoms with van der Waals surface area (Å²) in [5, 5.41) is 7.12. The Morgan fingerprint density at radius 1 is 0.906 bits per heavy atom. The van der Waals surface area contributed by atoms with Crippen LogP contribution in [0.4, 0.5) is 5.69 Å². The quantitative estimate of drug-likeness (QED) is 0.306. The molecular weight excluding hydrogens is 400 g/mol. The number of nitrogens with one attached hydrogen (secondary N) is 1. The molecule has 0 atom stereocenters. The molecule has 4 rings (SSSR count). The van der Waals surface area contributed by atoms with Gasteiger partial charge >= 0.3 is 0 Å². The molecule has 0 aliphatic rings. The molecule has 6 nitrogen and oxygen atoms in total. The molecule has 2 aromatic heterocycles. The van der Waals surface area contributed by atoms with Crippen LogP contribution in [0.3, 0.4) is 0 Å². The van der Waals surface area contributed by atoms with Gasteiger partial charge in [0, 0.05) is 17.4 Å². The van der Waals surface area contributed by atoms with Gasteiger partial charge in [0.1, 0.15) is 5.69 Å². The minimum atomic E-state index is -0.723. The molecule has 0 bridgehead atoms. The van der Waals surface area contributed by atoms with Gasteiger partial charge in [-0.25, -0.2) is 9.67 Å². The smallest absolute Gasteiger partial charge is 0.296 e. The summed E-state index contributed by atoms with van der Waals surface area (Å²) < 4.78 is 1.67. The molecule has 0 unspecified atom stereocenters. The van der Waals surface area contributed by atoms with Gasteiger partial charge in [-0.15, -0.1) is 0 Å². The van der Waals surface area contributed by atoms with Crippen LogP contribution in [0.25, 0.3) is 5.69 Å². The van der Waals surface area contributed by atoms with Crippen molar-refractivity contribution >= 4 is 17.4 Å². The molecule has 2 heterocycles. The number of nitrogens with zero attached hydrogens (tertiary/aromatic N) is 3. The molecular formula is C26H20N4O2. The van der Waals surface area contributed by atoms with E-state index in [2.05, 4.69) is 27.2 Å². The van der Waals surface area contributed by atoms with E-state index in [1.807, 2.05) is 54.6 Å². The Bertz CT molecular complexity index is 1350. The molecule has 4 aromatic rings. The summed E-state index contributed by atoms with van der Waals surface area (Å²) in [4.78, 5) is 29.8. The second-order valence-corrected chi connectivity index (χ2v) is 7.12. The van der Waals surface area contributed by atoms with Crippen molar-refractivity contribution in [3.05, 3.63) is 107 Å². The number of amides is 1. The molecule has 32 heavy (non-hydrogen) atoms. The number of aromatic nitrogens is 3. The van der Waals surface area contributed by atoms with Crippen molar-refractivity contribution in [2.75, 3.05) is 5.32 Å². The van der Waals surface area contributed by atoms with Crippen molar-refractivity contribution in [2.24, 2.45) is 0 Å². The van der Waals surface area contributed by atoms with E-state index in [1.165, 1.54) is 0 Å². The molecule has 0 saturated carbocycles. The van der Waals surface area contributed by atoms with E-state index in [0.29, 0.717) is 33.9 Å². The summed E-state index contributed by atoms with van der Waals surface area (Å²) in [7, 11) is 0. The van der Waals surface area contributed by atoms with E-state index in [-0.39, 0.29) is 0 Å². The van der Waals surface area contributed by atoms with Gasteiger partial charge in [0.15, 0.2) is 0 Å². The predicted octanol–water partition coefficient (Wildman–Crippen LogP) is 4.11. The molecule has 0 saturated heterocycles. The molecule has 6 heteroatoms. The van der Waals surface area contributed by atoms with Crippen LogP contribution in [0, 0.1) is 25.7 Å². The Labute approximate surface area is 185 Å². The van der Waals surface area contributed by atoms with Crippen LogP contribution < -0.4 is 5.32 Å². The Morgan fingerprint density at radius 2 is 1.69 bits per heavy atom. The van der Waals surface area contributed by atoms with Gasteiger partial charge in [0.25, 0.3) is 11.7 Å². The lowest BCUT2D eigenvalue weighted by Crippen LogP contribution is -2.24. The van der Waals surface area contributed by atoms with Gasteiger partial charge in [-0.1, -0.05) is 36.3 Å². The lowest BCUT2D eigenvalue weighted by Gasteiger charge is -2.06. The maximum Gasteiger partial charge on any atom is 0.296 e. The van der Waals surface area contributed by atoms with Crippen LogP contribution >= 0.6 is 0 Å². The van der Waals surface area contributed by atoms with Crippen LogP contribution in [0.1, 0.15) is 33.0 Å². The fraction of sp³-hybridized carbons (Fsp3) is 0.0769. The number of ketones is 1. The predicted molar refractivity (Wildman–Crippen MR) is 123 cm³/mol. The molecule has 0 radical (unpaired) electrons. The van der Waals surface area contributed by atoms with E-state index < -0.39 is 11.7 Å². The summed E-state index contributed by atoms with van der Waals surface area (Å²) in [5.41, 5.74) is 4.08. The zero-order valence-electron chi connectivity index (χ0n) is 17.7. The van der Waals surface area contributed by atoms with Crippen molar-refractivity contribution in [3.8, 4) is 17.5 Å². The number of Topliss-reactive ketones (excluding diaryl/α,β-unsaturated/α-hetero) is 1. The summed E-state index contributed by atoms with van der Waals surface area (Å²) in [6, 6.07) is 22.0. The van der Waals surface area contributed by atoms with Crippen LogP contribution in [0.5, 0.6) is 0 Å². The van der Waals surface area contributed by atoms with Crippen molar-refractivity contribution in [3.63, 3.8) is 0 Å². The third-order valence-electron chi connectivity index (χ3n) is 4.85. The summed E-state index contributed by atoms with van der Waals surface area (Å²) >= 11 is 0. The second kappa shape index (κ2) is 9.11. The number of hydrogen-bond donors (Lipinski definition) is 1. The zero-order chi connectivity index (χ0) is 22.5. The maximum atomic E-state index is 12.9. The molecule has 1 N–H and O–H groups in total. The number of aryl methyl sites for hydroxylation is 1. The minimum Gasteiger partial charge on any atom is -0.319 e. The van der Waals surface area contributed by atoms with Crippen molar-refractivity contribution in [2.45, 2.75) is 13.8 Å². The topological polar surface area (TPSA) is 76.9 Å². The van der Waals surface area contributed by atoms with Crippen molar-refractivity contribution < 1.29 is 9.59 Å². The molecule has 0 fully saturated rings. The molecule has 156 valence electrons. The highest BCUT2D eigenvalue weighted by molar-refractivity contribution is 6.47. The molecule has 1 amide bonds. The van der Waals surface area contributed by atoms with Crippen LogP contribution in [0.15, 0.2) is 79.0 Å². The number of benzene rings is 2. The first-order valence-corrected chi connectivity index (χ1v) is 10.0. The first-order valence-electron chi connectivity index (χ1n) is 10.0. The zero-order valence-corrected chi connectivity index (χ0v) is 17.7. The first-order chi connectivity index (χ1) is 15.5. The molecule has 0 spiro atoms. The number of hydrogen-bond acceptors (Lipinski definition) is 4. The third-order valence-corrected chi connectivity index (χ3v) is 4.85. The van der Waals surface area contributed by atoms with Gasteiger partial charge in [-0.2, -0.15) is 5.10 Å². The van der Waals surface area contributed by atoms with E-state index >= 15 is 0 Å². The number of rotatable bonds is 4. The third kappa shape index (κ3) is 4.47. The molecule has 0 aliphatic carbocycles. The van der Waals surface area contributed by atoms with Gasteiger partial charge in [-0.3, -0.25) is 9.59 Å². The summed E-state index contributed by atoms with van der Waals surface area (Å²) in [6.07, 6.45) is 1.68. The minimum absolute atomic E-state index is 0.303. The number of pyridine rings is 1. The normalized spacial score (nSPS) is 10.2. The lowest BCUT2D eigenvalue weighted by atomic mass is 10.1. The standard InChI is InChI=1S/C26H20N4O2/c1-18-24(19(2)30(29-18)23-12-4-3-5-13-23)25(31)26(32)28-22-11-8-9-20(17-22)14-15-21-10-6-7-16-27-21/h3-13,16-17H,1-2H3,(H,28,32). The molecule has 0 aliphatic heterocycles. The Morgan fingerprint density at radius 3 is 2.44 bits per heavy atom. The fourth-order valence-electron chi connectivity index (χ4n) is 3.34. The largest absolute Gasteiger partial charge is 0.319 e. The van der Waals surface area contributed by atoms with Gasteiger partial charge in [-0.05, 0) is 62.2 Å². The van der Waals surface area contributed by atoms with Crippen molar-refractivity contribution in [1.82, 2.24) is 14.8 Å². The summed E-state index contributed by atoms with van der Waals surface area (Å²) in [5.74, 6) is 4.63. The lowest BCUT2D eigenvalue weighted by molar-refractivity contribution is -0.112. The van der Waals surface area contributed by atoms with E-state index in [4.69, 9.17) is 0 Å². The van der Waals surface area contributed by atoms with Crippen LogP contribution in [0.2, 0.25) is 0 Å². The van der Waals surface area contributed by atoms with E-state index in [9.17, 15) is 9.59 Å². The Kier molecular flexibility index (Phi) is 5.91. The van der Waals surface area contributed by atoms with Crippen LogP contribution in [-0.2, 0) is 4.79 Å². The number of carbonyl (C=O) groups is 2. The van der Waals surface area contributed by atoms with E-state index in [1.54, 1.807) is 42.9 Å². The van der Waals surface area contributed by atoms with Gasteiger partial charge < -0.3 is 5.32 Å². The van der Waals surface area contributed by atoms with Crippen LogP contribution in [-0.4, -0.2) is 26.5 Å². The fourth-order valence-corrected chi connectivity index (χ4v) is 3.34. The highest BCUT2D eigenvalue weighted by Gasteiger charge is 2.25. The van der Waals surface area contributed by atoms with Gasteiger partial charge in [0.2, 0.25) is 0 Å². The average molecular weight is 420 g/mol. The number of anilines is 1. The van der Waals surface area contributed by atoms with E-state index in [0.717, 1.165) is 5.69 Å². The Hall–Kier alpha value is -4.50. The second-order valence-electron chi connectivity index (χ2n) is 7.12. The monoisotopic (exact) mass is 420 g/mol. The highest BCUT2D eigenvalue weighted by atomic mass is 16.2. The Balaban J connectivity index is 1.53. The SMILES string of the molecule is Cc1nn(-c2ccccc2)c(C)c1C(=O)C(=O)Nc1cccc(C#Cc2ccccn2)c1.